The summed E-state index contributed by atoms with van der Waals surface area (Å²) in [7, 11) is -1.20. The van der Waals surface area contributed by atoms with Gasteiger partial charge in [-0.25, -0.2) is 23.4 Å². The molecule has 11 heteroatoms. The molecule has 5 rings (SSSR count). The first kappa shape index (κ1) is 28.3. The molecule has 6 nitrogen and oxygen atoms in total. The number of hydrogen-bond acceptors (Lipinski definition) is 6. The van der Waals surface area contributed by atoms with Gasteiger partial charge in [-0.05, 0) is 53.9 Å². The molecule has 38 heavy (non-hydrogen) atoms. The van der Waals surface area contributed by atoms with Gasteiger partial charge in [-0.1, -0.05) is 25.7 Å². The average Bonchev–Trinajstić information content (AvgIpc) is 3.45. The van der Waals surface area contributed by atoms with Gasteiger partial charge < -0.3 is 10.5 Å². The quantitative estimate of drug-likeness (QED) is 0.152. The fourth-order valence-corrected chi connectivity index (χ4v) is 5.69. The van der Waals surface area contributed by atoms with Gasteiger partial charge in [0.2, 0.25) is 0 Å². The zero-order valence-corrected chi connectivity index (χ0v) is 24.1. The van der Waals surface area contributed by atoms with E-state index in [2.05, 4.69) is 29.7 Å². The summed E-state index contributed by atoms with van der Waals surface area (Å²) >= 11 is 1.58. The van der Waals surface area contributed by atoms with Crippen molar-refractivity contribution in [3.63, 3.8) is 0 Å². The third kappa shape index (κ3) is 6.44. The van der Waals surface area contributed by atoms with Gasteiger partial charge in [0.1, 0.15) is 23.9 Å². The second kappa shape index (κ2) is 11.5. The maximum Gasteiger partial charge on any atom is 0.140 e. The van der Waals surface area contributed by atoms with E-state index in [4.69, 9.17) is 15.5 Å². The number of nitrogens with zero attached hydrogens (tertiary/aromatic N) is 4. The lowest BCUT2D eigenvalue weighted by atomic mass is 9.95. The van der Waals surface area contributed by atoms with E-state index in [9.17, 15) is 8.78 Å². The van der Waals surface area contributed by atoms with Crippen molar-refractivity contribution in [2.45, 2.75) is 44.9 Å². The van der Waals surface area contributed by atoms with Crippen molar-refractivity contribution in [2.24, 2.45) is 5.73 Å². The lowest BCUT2D eigenvalue weighted by Gasteiger charge is -2.17. The van der Waals surface area contributed by atoms with Crippen LogP contribution in [-0.2, 0) is 17.9 Å². The van der Waals surface area contributed by atoms with Gasteiger partial charge >= 0.3 is 0 Å². The van der Waals surface area contributed by atoms with Crippen molar-refractivity contribution in [3.05, 3.63) is 77.1 Å². The minimum absolute atomic E-state index is 0. The summed E-state index contributed by atoms with van der Waals surface area (Å²) in [6, 6.07) is 12.0. The SMILES string of the molecule is C[Si](C)(C)CCOCn1ncc2nc(C(N)Cc3cc(F)cc(F)c3)c(-c3ccc4scnc4c3)cc21.Cl. The van der Waals surface area contributed by atoms with Gasteiger partial charge in [-0.2, -0.15) is 5.10 Å². The van der Waals surface area contributed by atoms with E-state index in [1.54, 1.807) is 22.2 Å². The van der Waals surface area contributed by atoms with Crippen LogP contribution in [0.3, 0.4) is 0 Å². The number of ether oxygens (including phenoxy) is 1. The van der Waals surface area contributed by atoms with Crippen molar-refractivity contribution < 1.29 is 13.5 Å². The summed E-state index contributed by atoms with van der Waals surface area (Å²) in [6.07, 6.45) is 1.93. The Balaban J connectivity index is 0.00000336. The van der Waals surface area contributed by atoms with E-state index < -0.39 is 25.8 Å². The molecule has 0 fully saturated rings. The Morgan fingerprint density at radius 2 is 1.82 bits per heavy atom. The molecule has 1 unspecified atom stereocenters. The predicted octanol–water partition coefficient (Wildman–Crippen LogP) is 6.96. The van der Waals surface area contributed by atoms with Crippen molar-refractivity contribution >= 4 is 53.1 Å². The zero-order valence-electron chi connectivity index (χ0n) is 21.4. The van der Waals surface area contributed by atoms with Crippen molar-refractivity contribution in [2.75, 3.05) is 6.61 Å². The van der Waals surface area contributed by atoms with E-state index in [1.165, 1.54) is 12.1 Å². The standard InChI is InChI=1S/C27H29F2N5OSSi.ClH/c1-37(2,3)7-6-35-16-34-25-13-21(18-4-5-26-23(11-18)31-15-36-26)27(33-24(25)14-32-34)22(30)10-17-8-19(28)12-20(29)9-17;/h4-5,8-9,11-15,22H,6-7,10,16,30H2,1-3H3;1H. The van der Waals surface area contributed by atoms with E-state index in [1.807, 2.05) is 29.8 Å². The third-order valence-corrected chi connectivity index (χ3v) is 8.75. The van der Waals surface area contributed by atoms with Crippen LogP contribution in [-0.4, -0.2) is 34.4 Å². The molecule has 0 radical (unpaired) electrons. The fourth-order valence-electron chi connectivity index (χ4n) is 4.27. The normalized spacial score (nSPS) is 12.7. The lowest BCUT2D eigenvalue weighted by Crippen LogP contribution is -2.22. The molecule has 0 aliphatic rings. The molecule has 0 aliphatic carbocycles. The lowest BCUT2D eigenvalue weighted by molar-refractivity contribution is 0.0817. The van der Waals surface area contributed by atoms with Crippen LogP contribution in [0.1, 0.15) is 17.3 Å². The molecule has 0 bridgehead atoms. The summed E-state index contributed by atoms with van der Waals surface area (Å²) in [4.78, 5) is 9.34. The predicted molar refractivity (Wildman–Crippen MR) is 154 cm³/mol. The van der Waals surface area contributed by atoms with Gasteiger partial charge in [-0.15, -0.1) is 23.7 Å². The van der Waals surface area contributed by atoms with Crippen molar-refractivity contribution in [1.29, 1.82) is 0 Å². The number of pyridine rings is 1. The molecule has 200 valence electrons. The second-order valence-corrected chi connectivity index (χ2v) is 16.9. The summed E-state index contributed by atoms with van der Waals surface area (Å²) in [5.41, 5.74) is 13.7. The van der Waals surface area contributed by atoms with Gasteiger partial charge in [0.05, 0.1) is 39.2 Å². The van der Waals surface area contributed by atoms with E-state index in [0.29, 0.717) is 30.1 Å². The molecule has 0 aliphatic heterocycles. The minimum atomic E-state index is -1.20. The number of rotatable bonds is 9. The smallest absolute Gasteiger partial charge is 0.140 e. The number of fused-ring (bicyclic) bond motifs is 2. The number of thiazole rings is 1. The van der Waals surface area contributed by atoms with Gasteiger partial charge in [-0.3, -0.25) is 0 Å². The highest BCUT2D eigenvalue weighted by Gasteiger charge is 2.20. The molecular weight excluding hydrogens is 544 g/mol. The number of halogens is 3. The van der Waals surface area contributed by atoms with Crippen molar-refractivity contribution in [3.8, 4) is 11.1 Å². The van der Waals surface area contributed by atoms with Crippen LogP contribution >= 0.6 is 23.7 Å². The number of aromatic nitrogens is 4. The summed E-state index contributed by atoms with van der Waals surface area (Å²) in [5, 5.41) is 4.50. The first-order valence-corrected chi connectivity index (χ1v) is 16.7. The van der Waals surface area contributed by atoms with Crippen LogP contribution in [0.15, 0.2) is 54.2 Å². The Morgan fingerprint density at radius 1 is 1.05 bits per heavy atom. The molecule has 3 heterocycles. The molecule has 0 spiro atoms. The Labute approximate surface area is 231 Å². The van der Waals surface area contributed by atoms with Gasteiger partial charge in [0, 0.05) is 26.3 Å². The molecular formula is C27H30ClF2N5OSSi. The monoisotopic (exact) mass is 573 g/mol. The van der Waals surface area contributed by atoms with Crippen molar-refractivity contribution in [1.82, 2.24) is 19.7 Å². The Hall–Kier alpha value is -2.76. The molecule has 5 aromatic rings. The third-order valence-electron chi connectivity index (χ3n) is 6.24. The maximum atomic E-state index is 13.8. The first-order chi connectivity index (χ1) is 17.7. The van der Waals surface area contributed by atoms with Gasteiger partial charge in [0.15, 0.2) is 0 Å². The zero-order chi connectivity index (χ0) is 26.2. The molecule has 1 atom stereocenters. The fraction of sp³-hybridized carbons (Fsp3) is 0.296. The molecule has 2 aromatic carbocycles. The van der Waals surface area contributed by atoms with Crippen LogP contribution < -0.4 is 5.73 Å². The highest BCUT2D eigenvalue weighted by atomic mass is 35.5. The Kier molecular flexibility index (Phi) is 8.58. The van der Waals surface area contributed by atoms with Crippen LogP contribution in [0.2, 0.25) is 25.7 Å². The second-order valence-electron chi connectivity index (χ2n) is 10.4. The molecule has 0 saturated carbocycles. The number of nitrogens with two attached hydrogens (primary N) is 1. The highest BCUT2D eigenvalue weighted by Crippen LogP contribution is 2.33. The minimum Gasteiger partial charge on any atom is -0.360 e. The summed E-state index contributed by atoms with van der Waals surface area (Å²) in [6.45, 7) is 7.97. The highest BCUT2D eigenvalue weighted by molar-refractivity contribution is 7.16. The van der Waals surface area contributed by atoms with Crippen LogP contribution in [0.5, 0.6) is 0 Å². The van der Waals surface area contributed by atoms with Crippen LogP contribution in [0, 0.1) is 11.6 Å². The number of hydrogen-bond donors (Lipinski definition) is 1. The number of benzene rings is 2. The van der Waals surface area contributed by atoms with E-state index >= 15 is 0 Å². The van der Waals surface area contributed by atoms with Crippen LogP contribution in [0.4, 0.5) is 8.78 Å². The molecule has 0 amide bonds. The molecule has 3 aromatic heterocycles. The Morgan fingerprint density at radius 3 is 2.55 bits per heavy atom. The first-order valence-electron chi connectivity index (χ1n) is 12.1. The molecule has 2 N–H and O–H groups in total. The van der Waals surface area contributed by atoms with Crippen LogP contribution in [0.25, 0.3) is 32.4 Å². The Bertz CT molecular complexity index is 1550. The van der Waals surface area contributed by atoms with E-state index in [-0.39, 0.29) is 18.8 Å². The largest absolute Gasteiger partial charge is 0.360 e. The molecule has 0 saturated heterocycles. The van der Waals surface area contributed by atoms with E-state index in [0.717, 1.165) is 39.0 Å². The average molecular weight is 574 g/mol. The summed E-state index contributed by atoms with van der Waals surface area (Å²) < 4.78 is 36.5. The maximum absolute atomic E-state index is 13.8. The summed E-state index contributed by atoms with van der Waals surface area (Å²) in [5.74, 6) is -1.26. The van der Waals surface area contributed by atoms with Gasteiger partial charge in [0.25, 0.3) is 0 Å². The topological polar surface area (TPSA) is 78.8 Å².